The van der Waals surface area contributed by atoms with Crippen molar-refractivity contribution in [1.29, 1.82) is 0 Å². The van der Waals surface area contributed by atoms with E-state index in [1.54, 1.807) is 17.0 Å². The molecule has 6 rings (SSSR count). The average molecular weight is 430 g/mol. The van der Waals surface area contributed by atoms with Gasteiger partial charge in [-0.15, -0.1) is 0 Å². The Morgan fingerprint density at radius 3 is 2.48 bits per heavy atom. The normalized spacial score (nSPS) is 16.9. The second-order valence-corrected chi connectivity index (χ2v) is 9.31. The van der Waals surface area contributed by atoms with Crippen molar-refractivity contribution in [2.75, 3.05) is 13.1 Å². The van der Waals surface area contributed by atoms with Crippen LogP contribution in [-0.2, 0) is 5.41 Å². The molecule has 2 fully saturated rings. The van der Waals surface area contributed by atoms with Crippen LogP contribution in [0.15, 0.2) is 60.7 Å². The topological polar surface area (TPSA) is 46.1 Å². The lowest BCUT2D eigenvalue weighted by molar-refractivity contribution is 0.0651. The fourth-order valence-electron chi connectivity index (χ4n) is 4.30. The van der Waals surface area contributed by atoms with Gasteiger partial charge in [0.2, 0.25) is 0 Å². The van der Waals surface area contributed by atoms with Gasteiger partial charge in [0.15, 0.2) is 0 Å². The van der Waals surface area contributed by atoms with Crippen LogP contribution in [0.1, 0.15) is 40.9 Å². The zero-order valence-corrected chi connectivity index (χ0v) is 17.7. The van der Waals surface area contributed by atoms with Gasteiger partial charge in [-0.2, -0.15) is 0 Å². The molecule has 154 valence electrons. The van der Waals surface area contributed by atoms with Crippen molar-refractivity contribution in [3.8, 4) is 10.6 Å². The predicted molar refractivity (Wildman–Crippen MR) is 120 cm³/mol. The molecule has 2 aliphatic rings. The highest BCUT2D eigenvalue weighted by Crippen LogP contribution is 2.53. The van der Waals surface area contributed by atoms with Crippen molar-refractivity contribution in [3.05, 3.63) is 83.3 Å². The summed E-state index contributed by atoms with van der Waals surface area (Å²) in [4.78, 5) is 24.4. The summed E-state index contributed by atoms with van der Waals surface area (Å²) in [6.45, 7) is 1.50. The number of amides is 1. The van der Waals surface area contributed by atoms with E-state index in [1.807, 2.05) is 12.1 Å². The summed E-state index contributed by atoms with van der Waals surface area (Å²) in [6.07, 6.45) is 3.18. The molecule has 6 heteroatoms. The molecule has 4 nitrogen and oxygen atoms in total. The van der Waals surface area contributed by atoms with Crippen molar-refractivity contribution >= 4 is 27.6 Å². The fraction of sp³-hybridized carbons (Fsp3) is 0.240. The number of aromatic nitrogens is 2. The van der Waals surface area contributed by atoms with Gasteiger partial charge < -0.3 is 4.90 Å². The minimum absolute atomic E-state index is 0.0102. The standard InChI is InChI=1S/C25H20FN3OS/c26-19-15-16(24(30)29-13-4-14-29)7-8-18(19)22-27-20-9-10-21(28-23(20)31-22)25(11-12-25)17-5-2-1-3-6-17/h1-3,5-10,15H,4,11-14H2. The number of rotatable bonds is 4. The van der Waals surface area contributed by atoms with Gasteiger partial charge in [0, 0.05) is 29.6 Å². The van der Waals surface area contributed by atoms with E-state index in [4.69, 9.17) is 4.98 Å². The largest absolute Gasteiger partial charge is 0.339 e. The molecule has 2 aromatic carbocycles. The van der Waals surface area contributed by atoms with E-state index in [0.717, 1.165) is 48.4 Å². The molecule has 0 N–H and O–H groups in total. The first kappa shape index (κ1) is 18.6. The fourth-order valence-corrected chi connectivity index (χ4v) is 5.26. The van der Waals surface area contributed by atoms with Gasteiger partial charge in [-0.3, -0.25) is 4.79 Å². The van der Waals surface area contributed by atoms with Crippen LogP contribution in [0.2, 0.25) is 0 Å². The maximum absolute atomic E-state index is 14.9. The number of benzene rings is 2. The van der Waals surface area contributed by atoms with Crippen molar-refractivity contribution in [1.82, 2.24) is 14.9 Å². The molecule has 0 atom stereocenters. The quantitative estimate of drug-likeness (QED) is 0.435. The van der Waals surface area contributed by atoms with Gasteiger partial charge in [0.1, 0.15) is 21.2 Å². The van der Waals surface area contributed by atoms with Crippen molar-refractivity contribution in [2.24, 2.45) is 0 Å². The number of likely N-dealkylation sites (tertiary alicyclic amines) is 1. The number of hydrogen-bond acceptors (Lipinski definition) is 4. The van der Waals surface area contributed by atoms with Gasteiger partial charge in [-0.05, 0) is 55.2 Å². The first-order valence-electron chi connectivity index (χ1n) is 10.6. The Hall–Kier alpha value is -3.12. The third-order valence-corrected chi connectivity index (χ3v) is 7.41. The van der Waals surface area contributed by atoms with E-state index >= 15 is 0 Å². The molecule has 1 aliphatic carbocycles. The van der Waals surface area contributed by atoms with E-state index in [0.29, 0.717) is 16.1 Å². The average Bonchev–Trinajstić information content (AvgIpc) is 3.46. The monoisotopic (exact) mass is 429 g/mol. The smallest absolute Gasteiger partial charge is 0.253 e. The van der Waals surface area contributed by atoms with Gasteiger partial charge in [0.25, 0.3) is 5.91 Å². The molecule has 2 aromatic heterocycles. The lowest BCUT2D eigenvalue weighted by atomic mass is 9.92. The minimum Gasteiger partial charge on any atom is -0.339 e. The van der Waals surface area contributed by atoms with E-state index in [9.17, 15) is 9.18 Å². The number of hydrogen-bond donors (Lipinski definition) is 0. The summed E-state index contributed by atoms with van der Waals surface area (Å²) < 4.78 is 14.9. The first-order chi connectivity index (χ1) is 15.1. The molecule has 4 aromatic rings. The number of fused-ring (bicyclic) bond motifs is 1. The molecule has 31 heavy (non-hydrogen) atoms. The van der Waals surface area contributed by atoms with E-state index in [-0.39, 0.29) is 11.3 Å². The Labute approximate surface area is 183 Å². The Kier molecular flexibility index (Phi) is 4.18. The summed E-state index contributed by atoms with van der Waals surface area (Å²) in [5, 5.41) is 0.588. The van der Waals surface area contributed by atoms with Crippen LogP contribution in [0, 0.1) is 5.82 Å². The van der Waals surface area contributed by atoms with E-state index in [2.05, 4.69) is 35.3 Å². The lowest BCUT2D eigenvalue weighted by Gasteiger charge is -2.30. The Morgan fingerprint density at radius 1 is 1.00 bits per heavy atom. The first-order valence-corrected chi connectivity index (χ1v) is 11.4. The van der Waals surface area contributed by atoms with Crippen molar-refractivity contribution in [2.45, 2.75) is 24.7 Å². The Morgan fingerprint density at radius 2 is 1.81 bits per heavy atom. The molecule has 0 radical (unpaired) electrons. The number of carbonyl (C=O) groups is 1. The minimum atomic E-state index is -0.423. The number of halogens is 1. The van der Waals surface area contributed by atoms with Crippen LogP contribution in [0.5, 0.6) is 0 Å². The van der Waals surface area contributed by atoms with Crippen LogP contribution in [-0.4, -0.2) is 33.9 Å². The van der Waals surface area contributed by atoms with E-state index < -0.39 is 5.82 Å². The molecule has 1 aliphatic heterocycles. The van der Waals surface area contributed by atoms with Crippen molar-refractivity contribution in [3.63, 3.8) is 0 Å². The molecular weight excluding hydrogens is 409 g/mol. The molecular formula is C25H20FN3OS. The molecule has 1 saturated carbocycles. The molecule has 1 amide bonds. The number of nitrogens with zero attached hydrogens (tertiary/aromatic N) is 3. The third-order valence-electron chi connectivity index (χ3n) is 6.41. The van der Waals surface area contributed by atoms with Crippen LogP contribution in [0.3, 0.4) is 0 Å². The lowest BCUT2D eigenvalue weighted by Crippen LogP contribution is -2.42. The highest BCUT2D eigenvalue weighted by atomic mass is 32.1. The SMILES string of the molecule is O=C(c1ccc(-c2nc3ccc(C4(c5ccccc5)CC4)nc3s2)c(F)c1)N1CCC1. The Balaban J connectivity index is 1.34. The van der Waals surface area contributed by atoms with E-state index in [1.165, 1.54) is 23.0 Å². The van der Waals surface area contributed by atoms with Gasteiger partial charge >= 0.3 is 0 Å². The van der Waals surface area contributed by atoms with Gasteiger partial charge in [-0.1, -0.05) is 41.7 Å². The molecule has 0 bridgehead atoms. The number of carbonyl (C=O) groups excluding carboxylic acids is 1. The second-order valence-electron chi connectivity index (χ2n) is 8.33. The summed E-state index contributed by atoms with van der Waals surface area (Å²) >= 11 is 1.40. The maximum Gasteiger partial charge on any atom is 0.253 e. The van der Waals surface area contributed by atoms with Crippen LogP contribution in [0.4, 0.5) is 4.39 Å². The number of thiazole rings is 1. The molecule has 0 unspecified atom stereocenters. The zero-order valence-electron chi connectivity index (χ0n) is 16.8. The van der Waals surface area contributed by atoms with Crippen LogP contribution in [0.25, 0.3) is 20.9 Å². The van der Waals surface area contributed by atoms with Crippen LogP contribution >= 0.6 is 11.3 Å². The summed E-state index contributed by atoms with van der Waals surface area (Å²) in [5.74, 6) is -0.531. The number of pyridine rings is 1. The van der Waals surface area contributed by atoms with Gasteiger partial charge in [0.05, 0.1) is 5.69 Å². The van der Waals surface area contributed by atoms with Crippen molar-refractivity contribution < 1.29 is 9.18 Å². The summed E-state index contributed by atoms with van der Waals surface area (Å²) in [6, 6.07) is 19.2. The predicted octanol–water partition coefficient (Wildman–Crippen LogP) is 5.42. The Bertz CT molecular complexity index is 1310. The zero-order chi connectivity index (χ0) is 21.0. The van der Waals surface area contributed by atoms with Crippen LogP contribution < -0.4 is 0 Å². The third kappa shape index (κ3) is 3.05. The van der Waals surface area contributed by atoms with Gasteiger partial charge in [-0.25, -0.2) is 14.4 Å². The highest BCUT2D eigenvalue weighted by molar-refractivity contribution is 7.21. The highest BCUT2D eigenvalue weighted by Gasteiger charge is 2.47. The maximum atomic E-state index is 14.9. The molecule has 3 heterocycles. The second kappa shape index (κ2) is 6.95. The molecule has 0 spiro atoms. The summed E-state index contributed by atoms with van der Waals surface area (Å²) in [7, 11) is 0. The molecule has 1 saturated heterocycles. The summed E-state index contributed by atoms with van der Waals surface area (Å²) in [5.41, 5.74) is 3.91.